The number of sulfone groups is 1. The van der Waals surface area contributed by atoms with E-state index < -0.39 is 15.9 Å². The SMILES string of the molecule is CCCC(N)C(=O)Nc1ccc(S(=O)(=O)CC)cc1. The van der Waals surface area contributed by atoms with Gasteiger partial charge in [0.25, 0.3) is 0 Å². The highest BCUT2D eigenvalue weighted by Gasteiger charge is 2.14. The molecule has 1 unspecified atom stereocenters. The summed E-state index contributed by atoms with van der Waals surface area (Å²) in [5.41, 5.74) is 6.24. The molecule has 19 heavy (non-hydrogen) atoms. The van der Waals surface area contributed by atoms with Crippen molar-refractivity contribution >= 4 is 21.4 Å². The van der Waals surface area contributed by atoms with Crippen molar-refractivity contribution < 1.29 is 13.2 Å². The van der Waals surface area contributed by atoms with Gasteiger partial charge in [0.1, 0.15) is 0 Å². The number of carbonyl (C=O) groups excluding carboxylic acids is 1. The Morgan fingerprint density at radius 3 is 2.32 bits per heavy atom. The van der Waals surface area contributed by atoms with Gasteiger partial charge in [-0.2, -0.15) is 0 Å². The van der Waals surface area contributed by atoms with Crippen LogP contribution in [0.15, 0.2) is 29.2 Å². The molecule has 0 aliphatic rings. The van der Waals surface area contributed by atoms with Crippen LogP contribution in [-0.2, 0) is 14.6 Å². The van der Waals surface area contributed by atoms with Crippen LogP contribution in [-0.4, -0.2) is 26.1 Å². The molecule has 0 aromatic heterocycles. The summed E-state index contributed by atoms with van der Waals surface area (Å²) in [7, 11) is -3.21. The average Bonchev–Trinajstić information content (AvgIpc) is 2.39. The lowest BCUT2D eigenvalue weighted by Crippen LogP contribution is -2.35. The largest absolute Gasteiger partial charge is 0.325 e. The van der Waals surface area contributed by atoms with Crippen molar-refractivity contribution in [1.82, 2.24) is 0 Å². The van der Waals surface area contributed by atoms with Gasteiger partial charge in [0.15, 0.2) is 9.84 Å². The van der Waals surface area contributed by atoms with Crippen molar-refractivity contribution in [3.05, 3.63) is 24.3 Å². The Balaban J connectivity index is 2.75. The molecule has 0 saturated carbocycles. The first kappa shape index (κ1) is 15.7. The van der Waals surface area contributed by atoms with E-state index in [2.05, 4.69) is 5.32 Å². The third-order valence-electron chi connectivity index (χ3n) is 2.80. The fourth-order valence-electron chi connectivity index (χ4n) is 1.59. The van der Waals surface area contributed by atoms with Gasteiger partial charge in [-0.05, 0) is 30.7 Å². The van der Waals surface area contributed by atoms with Crippen LogP contribution in [0.4, 0.5) is 5.69 Å². The number of benzene rings is 1. The summed E-state index contributed by atoms with van der Waals surface area (Å²) in [4.78, 5) is 11.9. The molecule has 6 heteroatoms. The highest BCUT2D eigenvalue weighted by molar-refractivity contribution is 7.91. The molecule has 0 spiro atoms. The van der Waals surface area contributed by atoms with Crippen molar-refractivity contribution in [2.24, 2.45) is 5.73 Å². The Bertz CT molecular complexity index is 523. The van der Waals surface area contributed by atoms with E-state index in [1.807, 2.05) is 6.92 Å². The highest BCUT2D eigenvalue weighted by atomic mass is 32.2. The molecule has 0 aliphatic carbocycles. The van der Waals surface area contributed by atoms with Gasteiger partial charge in [-0.1, -0.05) is 20.3 Å². The van der Waals surface area contributed by atoms with E-state index in [0.29, 0.717) is 12.1 Å². The second-order valence-electron chi connectivity index (χ2n) is 4.31. The Labute approximate surface area is 114 Å². The van der Waals surface area contributed by atoms with Crippen molar-refractivity contribution in [3.8, 4) is 0 Å². The van der Waals surface area contributed by atoms with Gasteiger partial charge < -0.3 is 11.1 Å². The molecule has 0 bridgehead atoms. The van der Waals surface area contributed by atoms with Crippen LogP contribution < -0.4 is 11.1 Å². The molecule has 0 aliphatic heterocycles. The fraction of sp³-hybridized carbons (Fsp3) is 0.462. The second-order valence-corrected chi connectivity index (χ2v) is 6.59. The first-order chi connectivity index (χ1) is 8.90. The number of rotatable bonds is 6. The quantitative estimate of drug-likeness (QED) is 0.829. The van der Waals surface area contributed by atoms with Crippen LogP contribution in [0.3, 0.4) is 0 Å². The van der Waals surface area contributed by atoms with Crippen LogP contribution >= 0.6 is 0 Å². The Hall–Kier alpha value is -1.40. The lowest BCUT2D eigenvalue weighted by molar-refractivity contribution is -0.117. The summed E-state index contributed by atoms with van der Waals surface area (Å²) >= 11 is 0. The number of hydrogen-bond acceptors (Lipinski definition) is 4. The molecule has 5 nitrogen and oxygen atoms in total. The predicted molar refractivity (Wildman–Crippen MR) is 75.7 cm³/mol. The molecule has 3 N–H and O–H groups in total. The first-order valence-electron chi connectivity index (χ1n) is 6.30. The van der Waals surface area contributed by atoms with Gasteiger partial charge >= 0.3 is 0 Å². The summed E-state index contributed by atoms with van der Waals surface area (Å²) in [6.07, 6.45) is 1.45. The molecule has 1 amide bonds. The van der Waals surface area contributed by atoms with E-state index in [9.17, 15) is 13.2 Å². The highest BCUT2D eigenvalue weighted by Crippen LogP contribution is 2.15. The fourth-order valence-corrected chi connectivity index (χ4v) is 2.47. The second kappa shape index (κ2) is 6.68. The van der Waals surface area contributed by atoms with Crippen molar-refractivity contribution in [3.63, 3.8) is 0 Å². The summed E-state index contributed by atoms with van der Waals surface area (Å²) in [6, 6.07) is 5.57. The van der Waals surface area contributed by atoms with E-state index in [1.54, 1.807) is 19.1 Å². The molecule has 0 radical (unpaired) electrons. The van der Waals surface area contributed by atoms with Crippen LogP contribution in [0, 0.1) is 0 Å². The number of anilines is 1. The molecule has 1 aromatic rings. The lowest BCUT2D eigenvalue weighted by Gasteiger charge is -2.11. The summed E-state index contributed by atoms with van der Waals surface area (Å²) in [6.45, 7) is 3.55. The minimum Gasteiger partial charge on any atom is -0.325 e. The number of carbonyl (C=O) groups is 1. The van der Waals surface area contributed by atoms with Crippen molar-refractivity contribution in [2.75, 3.05) is 11.1 Å². The number of amides is 1. The van der Waals surface area contributed by atoms with Crippen LogP contribution in [0.25, 0.3) is 0 Å². The molecular formula is C13H20N2O3S. The molecule has 0 heterocycles. The van der Waals surface area contributed by atoms with E-state index in [1.165, 1.54) is 12.1 Å². The van der Waals surface area contributed by atoms with Crippen LogP contribution in [0.1, 0.15) is 26.7 Å². The predicted octanol–water partition coefficient (Wildman–Crippen LogP) is 1.55. The molecule has 1 rings (SSSR count). The van der Waals surface area contributed by atoms with Gasteiger partial charge in [0.05, 0.1) is 16.7 Å². The molecule has 0 saturated heterocycles. The number of nitrogens with one attached hydrogen (secondary N) is 1. The summed E-state index contributed by atoms with van der Waals surface area (Å²) in [5.74, 6) is -0.201. The first-order valence-corrected chi connectivity index (χ1v) is 7.95. The van der Waals surface area contributed by atoms with Gasteiger partial charge in [0.2, 0.25) is 5.91 Å². The monoisotopic (exact) mass is 284 g/mol. The minimum atomic E-state index is -3.21. The van der Waals surface area contributed by atoms with Gasteiger partial charge in [-0.25, -0.2) is 8.42 Å². The number of hydrogen-bond donors (Lipinski definition) is 2. The van der Waals surface area contributed by atoms with Crippen molar-refractivity contribution in [1.29, 1.82) is 0 Å². The molecular weight excluding hydrogens is 264 g/mol. The van der Waals surface area contributed by atoms with Gasteiger partial charge in [-0.15, -0.1) is 0 Å². The summed E-state index contributed by atoms with van der Waals surface area (Å²) in [5, 5.41) is 2.66. The molecule has 1 atom stereocenters. The molecule has 106 valence electrons. The van der Waals surface area contributed by atoms with Crippen molar-refractivity contribution in [2.45, 2.75) is 37.6 Å². The van der Waals surface area contributed by atoms with Crippen LogP contribution in [0.2, 0.25) is 0 Å². The van der Waals surface area contributed by atoms with Crippen LogP contribution in [0.5, 0.6) is 0 Å². The Morgan fingerprint density at radius 2 is 1.84 bits per heavy atom. The normalized spacial score (nSPS) is 13.0. The average molecular weight is 284 g/mol. The smallest absolute Gasteiger partial charge is 0.241 e. The third kappa shape index (κ3) is 4.33. The zero-order chi connectivity index (χ0) is 14.5. The minimum absolute atomic E-state index is 0.0556. The zero-order valence-electron chi connectivity index (χ0n) is 11.2. The number of nitrogens with two attached hydrogens (primary N) is 1. The lowest BCUT2D eigenvalue weighted by atomic mass is 10.1. The van der Waals surface area contributed by atoms with E-state index in [-0.39, 0.29) is 16.6 Å². The maximum atomic E-state index is 11.7. The third-order valence-corrected chi connectivity index (χ3v) is 4.55. The topological polar surface area (TPSA) is 89.3 Å². The van der Waals surface area contributed by atoms with Gasteiger partial charge in [0, 0.05) is 5.69 Å². The van der Waals surface area contributed by atoms with E-state index in [0.717, 1.165) is 6.42 Å². The van der Waals surface area contributed by atoms with E-state index in [4.69, 9.17) is 5.73 Å². The Morgan fingerprint density at radius 1 is 1.26 bits per heavy atom. The summed E-state index contributed by atoms with van der Waals surface area (Å²) < 4.78 is 23.2. The maximum Gasteiger partial charge on any atom is 0.241 e. The van der Waals surface area contributed by atoms with E-state index >= 15 is 0 Å². The Kier molecular flexibility index (Phi) is 5.50. The molecule has 0 fully saturated rings. The zero-order valence-corrected chi connectivity index (χ0v) is 12.0. The maximum absolute atomic E-state index is 11.7. The standard InChI is InChI=1S/C13H20N2O3S/c1-3-5-12(14)13(16)15-10-6-8-11(9-7-10)19(17,18)4-2/h6-9,12H,3-5,14H2,1-2H3,(H,15,16). The molecule has 1 aromatic carbocycles. The van der Waals surface area contributed by atoms with Gasteiger partial charge in [-0.3, -0.25) is 4.79 Å².